The Labute approximate surface area is 135 Å². The molecular formula is C18H21BrN2. The Balaban J connectivity index is 1.80. The molecule has 1 atom stereocenters. The Kier molecular flexibility index (Phi) is 4.61. The zero-order chi connectivity index (χ0) is 14.7. The first-order valence-corrected chi connectivity index (χ1v) is 8.33. The summed E-state index contributed by atoms with van der Waals surface area (Å²) in [5.41, 5.74) is 4.17. The highest BCUT2D eigenvalue weighted by atomic mass is 79.9. The van der Waals surface area contributed by atoms with Crippen LogP contribution in [0.4, 0.5) is 5.69 Å². The van der Waals surface area contributed by atoms with Crippen LogP contribution in [-0.2, 0) is 13.0 Å². The molecule has 1 heterocycles. The highest BCUT2D eigenvalue weighted by Crippen LogP contribution is 2.25. The third kappa shape index (κ3) is 3.47. The van der Waals surface area contributed by atoms with Gasteiger partial charge in [0.15, 0.2) is 0 Å². The summed E-state index contributed by atoms with van der Waals surface area (Å²) in [6.45, 7) is 5.40. The monoisotopic (exact) mass is 344 g/mol. The van der Waals surface area contributed by atoms with E-state index in [4.69, 9.17) is 0 Å². The van der Waals surface area contributed by atoms with Gasteiger partial charge in [0.25, 0.3) is 0 Å². The van der Waals surface area contributed by atoms with Crippen molar-refractivity contribution in [3.63, 3.8) is 0 Å². The number of hydrogen-bond acceptors (Lipinski definition) is 2. The number of hydrogen-bond donors (Lipinski definition) is 1. The zero-order valence-corrected chi connectivity index (χ0v) is 13.9. The van der Waals surface area contributed by atoms with E-state index in [9.17, 15) is 0 Å². The van der Waals surface area contributed by atoms with Gasteiger partial charge in [0.05, 0.1) is 0 Å². The molecule has 0 bridgehead atoms. The Morgan fingerprint density at radius 3 is 2.71 bits per heavy atom. The first-order valence-electron chi connectivity index (χ1n) is 7.54. The smallest absolute Gasteiger partial charge is 0.0414 e. The highest BCUT2D eigenvalue weighted by Gasteiger charge is 2.19. The van der Waals surface area contributed by atoms with Crippen molar-refractivity contribution in [2.24, 2.45) is 0 Å². The average molecular weight is 345 g/mol. The fraction of sp³-hybridized carbons (Fsp3) is 0.333. The number of rotatable bonds is 3. The fourth-order valence-electron chi connectivity index (χ4n) is 3.01. The first-order chi connectivity index (χ1) is 10.2. The van der Waals surface area contributed by atoms with Gasteiger partial charge in [-0.2, -0.15) is 0 Å². The van der Waals surface area contributed by atoms with Crippen LogP contribution in [0.3, 0.4) is 0 Å². The lowest BCUT2D eigenvalue weighted by molar-refractivity contribution is 0.613. The SMILES string of the molecule is CC(Cc1ccc(Br)cc1)N1CCNCc2ccccc21. The zero-order valence-electron chi connectivity index (χ0n) is 12.3. The Hall–Kier alpha value is -1.32. The van der Waals surface area contributed by atoms with E-state index in [1.807, 2.05) is 0 Å². The van der Waals surface area contributed by atoms with E-state index in [1.54, 1.807) is 0 Å². The van der Waals surface area contributed by atoms with Crippen LogP contribution in [0.5, 0.6) is 0 Å². The van der Waals surface area contributed by atoms with Crippen LogP contribution >= 0.6 is 15.9 Å². The van der Waals surface area contributed by atoms with E-state index in [0.29, 0.717) is 6.04 Å². The van der Waals surface area contributed by atoms with Gasteiger partial charge in [-0.1, -0.05) is 46.3 Å². The van der Waals surface area contributed by atoms with Crippen LogP contribution in [0, 0.1) is 0 Å². The summed E-state index contributed by atoms with van der Waals surface area (Å²) in [4.78, 5) is 2.54. The Morgan fingerprint density at radius 2 is 1.90 bits per heavy atom. The van der Waals surface area contributed by atoms with Crippen molar-refractivity contribution in [3.8, 4) is 0 Å². The molecule has 0 radical (unpaired) electrons. The topological polar surface area (TPSA) is 15.3 Å². The van der Waals surface area contributed by atoms with E-state index in [1.165, 1.54) is 16.8 Å². The van der Waals surface area contributed by atoms with E-state index >= 15 is 0 Å². The molecule has 1 unspecified atom stereocenters. The average Bonchev–Trinajstić information content (AvgIpc) is 2.72. The van der Waals surface area contributed by atoms with E-state index in [2.05, 4.69) is 81.6 Å². The maximum atomic E-state index is 3.51. The molecule has 0 saturated heterocycles. The summed E-state index contributed by atoms with van der Waals surface area (Å²) >= 11 is 3.50. The highest BCUT2D eigenvalue weighted by molar-refractivity contribution is 9.10. The van der Waals surface area contributed by atoms with Gasteiger partial charge < -0.3 is 10.2 Å². The van der Waals surface area contributed by atoms with Gasteiger partial charge in [-0.3, -0.25) is 0 Å². The minimum Gasteiger partial charge on any atom is -0.367 e. The van der Waals surface area contributed by atoms with Crippen LogP contribution in [0.2, 0.25) is 0 Å². The molecule has 0 spiro atoms. The van der Waals surface area contributed by atoms with E-state index in [0.717, 1.165) is 30.5 Å². The van der Waals surface area contributed by atoms with Crippen LogP contribution in [0.25, 0.3) is 0 Å². The lowest BCUT2D eigenvalue weighted by Gasteiger charge is -2.31. The summed E-state index contributed by atoms with van der Waals surface area (Å²) in [6, 6.07) is 17.9. The van der Waals surface area contributed by atoms with Crippen molar-refractivity contribution in [1.82, 2.24) is 5.32 Å². The maximum Gasteiger partial charge on any atom is 0.0414 e. The number of halogens is 1. The molecule has 21 heavy (non-hydrogen) atoms. The summed E-state index contributed by atoms with van der Waals surface area (Å²) < 4.78 is 1.14. The largest absolute Gasteiger partial charge is 0.367 e. The van der Waals surface area contributed by atoms with Gasteiger partial charge in [0, 0.05) is 35.8 Å². The summed E-state index contributed by atoms with van der Waals surface area (Å²) in [7, 11) is 0. The van der Waals surface area contributed by atoms with Crippen LogP contribution in [0.15, 0.2) is 53.0 Å². The lowest BCUT2D eigenvalue weighted by atomic mass is 10.0. The molecule has 1 aliphatic heterocycles. The molecule has 0 aliphatic carbocycles. The van der Waals surface area contributed by atoms with Gasteiger partial charge in [-0.05, 0) is 42.7 Å². The van der Waals surface area contributed by atoms with Gasteiger partial charge in [0.2, 0.25) is 0 Å². The molecular weight excluding hydrogens is 324 g/mol. The van der Waals surface area contributed by atoms with Crippen molar-refractivity contribution in [1.29, 1.82) is 0 Å². The van der Waals surface area contributed by atoms with Gasteiger partial charge in [-0.25, -0.2) is 0 Å². The number of nitrogens with zero attached hydrogens (tertiary/aromatic N) is 1. The van der Waals surface area contributed by atoms with Crippen molar-refractivity contribution in [2.45, 2.75) is 25.9 Å². The second-order valence-corrected chi connectivity index (χ2v) is 6.59. The Morgan fingerprint density at radius 1 is 1.14 bits per heavy atom. The fourth-order valence-corrected chi connectivity index (χ4v) is 3.28. The van der Waals surface area contributed by atoms with Crippen LogP contribution < -0.4 is 10.2 Å². The maximum absolute atomic E-state index is 3.51. The molecule has 0 fully saturated rings. The normalized spacial score (nSPS) is 16.2. The number of benzene rings is 2. The number of para-hydroxylation sites is 1. The lowest BCUT2D eigenvalue weighted by Crippen LogP contribution is -2.37. The first kappa shape index (κ1) is 14.6. The molecule has 0 saturated carbocycles. The van der Waals surface area contributed by atoms with Crippen LogP contribution in [0.1, 0.15) is 18.1 Å². The summed E-state index contributed by atoms with van der Waals surface area (Å²) in [5, 5.41) is 3.51. The standard InChI is InChI=1S/C18H21BrN2/c1-14(12-15-6-8-17(19)9-7-15)21-11-10-20-13-16-4-2-3-5-18(16)21/h2-9,14,20H,10-13H2,1H3. The Bertz CT molecular complexity index is 594. The van der Waals surface area contributed by atoms with Crippen molar-refractivity contribution in [3.05, 3.63) is 64.1 Å². The second kappa shape index (κ2) is 6.63. The molecule has 2 aromatic rings. The minimum atomic E-state index is 0.493. The predicted octanol–water partition coefficient (Wildman–Crippen LogP) is 3.99. The summed E-state index contributed by atoms with van der Waals surface area (Å²) in [6.07, 6.45) is 1.07. The van der Waals surface area contributed by atoms with Crippen molar-refractivity contribution in [2.75, 3.05) is 18.0 Å². The number of fused-ring (bicyclic) bond motifs is 1. The molecule has 2 aromatic carbocycles. The van der Waals surface area contributed by atoms with Gasteiger partial charge in [-0.15, -0.1) is 0 Å². The van der Waals surface area contributed by atoms with Gasteiger partial charge in [0.1, 0.15) is 0 Å². The van der Waals surface area contributed by atoms with E-state index < -0.39 is 0 Å². The summed E-state index contributed by atoms with van der Waals surface area (Å²) in [5.74, 6) is 0. The molecule has 3 rings (SSSR count). The quantitative estimate of drug-likeness (QED) is 0.905. The third-order valence-electron chi connectivity index (χ3n) is 4.12. The second-order valence-electron chi connectivity index (χ2n) is 5.68. The van der Waals surface area contributed by atoms with Crippen molar-refractivity contribution >= 4 is 21.6 Å². The molecule has 2 nitrogen and oxygen atoms in total. The molecule has 1 N–H and O–H groups in total. The molecule has 0 aromatic heterocycles. The third-order valence-corrected chi connectivity index (χ3v) is 4.65. The van der Waals surface area contributed by atoms with E-state index in [-0.39, 0.29) is 0 Å². The number of anilines is 1. The van der Waals surface area contributed by atoms with Crippen molar-refractivity contribution < 1.29 is 0 Å². The van der Waals surface area contributed by atoms with Crippen LogP contribution in [-0.4, -0.2) is 19.1 Å². The molecule has 0 amide bonds. The minimum absolute atomic E-state index is 0.493. The number of nitrogens with one attached hydrogen (secondary N) is 1. The predicted molar refractivity (Wildman–Crippen MR) is 92.8 cm³/mol. The molecule has 110 valence electrons. The molecule has 3 heteroatoms. The molecule has 1 aliphatic rings. The van der Waals surface area contributed by atoms with Gasteiger partial charge >= 0.3 is 0 Å².